The summed E-state index contributed by atoms with van der Waals surface area (Å²) in [6.45, 7) is 3.88. The van der Waals surface area contributed by atoms with Crippen molar-refractivity contribution in [2.45, 2.75) is 0 Å². The van der Waals surface area contributed by atoms with Gasteiger partial charge in [0.15, 0.2) is 11.5 Å². The molecule has 0 saturated carbocycles. The van der Waals surface area contributed by atoms with Gasteiger partial charge in [0.05, 0.1) is 12.1 Å². The highest BCUT2D eigenvalue weighted by atomic mass is 35.5. The molecule has 0 spiro atoms. The number of nitriles is 2. The average Bonchev–Trinajstić information content (AvgIpc) is 2.43. The normalized spacial score (nSPS) is 8.84. The lowest BCUT2D eigenvalue weighted by molar-refractivity contribution is 0.326. The van der Waals surface area contributed by atoms with E-state index in [1.807, 2.05) is 0 Å². The van der Waals surface area contributed by atoms with Gasteiger partial charge in [0.2, 0.25) is 0 Å². The molecule has 0 N–H and O–H groups in total. The molecule has 0 radical (unpaired) electrons. The van der Waals surface area contributed by atoms with Crippen molar-refractivity contribution in [3.05, 3.63) is 40.9 Å². The Bertz CT molecular complexity index is 579. The third-order valence-corrected chi connectivity index (χ3v) is 2.51. The first-order valence-electron chi connectivity index (χ1n) is 5.29. The second-order valence-corrected chi connectivity index (χ2v) is 3.81. The van der Waals surface area contributed by atoms with Gasteiger partial charge in [0.1, 0.15) is 24.3 Å². The Morgan fingerprint density at radius 2 is 2.05 bits per heavy atom. The Morgan fingerprint density at radius 1 is 1.37 bits per heavy atom. The Labute approximate surface area is 116 Å². The highest BCUT2D eigenvalue weighted by Gasteiger charge is 2.10. The number of nitrogens with zero attached hydrogens (tertiary/aromatic N) is 2. The van der Waals surface area contributed by atoms with Crippen molar-refractivity contribution in [2.75, 3.05) is 13.7 Å². The smallest absolute Gasteiger partial charge is 0.163 e. The van der Waals surface area contributed by atoms with Crippen molar-refractivity contribution in [2.24, 2.45) is 0 Å². The van der Waals surface area contributed by atoms with Crippen molar-refractivity contribution in [1.29, 1.82) is 10.5 Å². The molecule has 1 aromatic carbocycles. The molecular formula is C14H11ClN2O2. The molecule has 1 rings (SSSR count). The molecule has 4 nitrogen and oxygen atoms in total. The Hall–Kier alpha value is -2.43. The minimum atomic E-state index is -0.0382. The van der Waals surface area contributed by atoms with Crippen LogP contribution in [0.2, 0.25) is 5.02 Å². The van der Waals surface area contributed by atoms with Crippen molar-refractivity contribution >= 4 is 17.7 Å². The number of halogens is 1. The van der Waals surface area contributed by atoms with E-state index in [2.05, 4.69) is 6.58 Å². The summed E-state index contributed by atoms with van der Waals surface area (Å²) in [5.41, 5.74) is 0.478. The van der Waals surface area contributed by atoms with Gasteiger partial charge in [-0.3, -0.25) is 0 Å². The molecule has 0 aliphatic heterocycles. The van der Waals surface area contributed by atoms with Crippen molar-refractivity contribution in [3.63, 3.8) is 0 Å². The first-order chi connectivity index (χ1) is 9.15. The minimum absolute atomic E-state index is 0.0382. The van der Waals surface area contributed by atoms with Crippen LogP contribution in [0.15, 0.2) is 30.4 Å². The number of methoxy groups -OCH3 is 1. The number of allylic oxidation sites excluding steroid dienone is 1. The summed E-state index contributed by atoms with van der Waals surface area (Å²) in [7, 11) is 1.49. The van der Waals surface area contributed by atoms with Gasteiger partial charge in [-0.1, -0.05) is 24.3 Å². The summed E-state index contributed by atoms with van der Waals surface area (Å²) in [6.07, 6.45) is 2.99. The van der Waals surface area contributed by atoms with E-state index in [1.54, 1.807) is 30.3 Å². The largest absolute Gasteiger partial charge is 0.493 e. The van der Waals surface area contributed by atoms with Gasteiger partial charge >= 0.3 is 0 Å². The van der Waals surface area contributed by atoms with E-state index in [0.29, 0.717) is 28.7 Å². The standard InChI is InChI=1S/C14H11ClN2O2/c1-3-4-19-14-7-12(15)11(6-13(14)18-2)5-10(8-16)9-17/h3,5-7H,1,4H2,2H3. The molecule has 0 fully saturated rings. The Morgan fingerprint density at radius 3 is 2.58 bits per heavy atom. The van der Waals surface area contributed by atoms with Gasteiger partial charge in [-0.2, -0.15) is 10.5 Å². The molecule has 0 amide bonds. The molecule has 0 atom stereocenters. The van der Waals surface area contributed by atoms with Crippen LogP contribution in [0.25, 0.3) is 6.08 Å². The fourth-order valence-electron chi connectivity index (χ4n) is 1.33. The summed E-state index contributed by atoms with van der Waals surface area (Å²) in [5.74, 6) is 0.938. The van der Waals surface area contributed by atoms with E-state index in [9.17, 15) is 0 Å². The molecule has 96 valence electrons. The predicted octanol–water partition coefficient (Wildman–Crippen LogP) is 3.34. The molecule has 0 aliphatic rings. The second kappa shape index (κ2) is 7.10. The van der Waals surface area contributed by atoms with Crippen LogP contribution in [0.4, 0.5) is 0 Å². The van der Waals surface area contributed by atoms with E-state index >= 15 is 0 Å². The summed E-state index contributed by atoms with van der Waals surface area (Å²) in [6, 6.07) is 6.72. The third kappa shape index (κ3) is 3.77. The number of ether oxygens (including phenoxy) is 2. The van der Waals surface area contributed by atoms with Crippen molar-refractivity contribution in [3.8, 4) is 23.6 Å². The summed E-state index contributed by atoms with van der Waals surface area (Å²) < 4.78 is 10.6. The lowest BCUT2D eigenvalue weighted by atomic mass is 10.1. The van der Waals surface area contributed by atoms with Crippen LogP contribution >= 0.6 is 11.6 Å². The first kappa shape index (κ1) is 14.6. The molecule has 0 aromatic heterocycles. The lowest BCUT2D eigenvalue weighted by Crippen LogP contribution is -1.97. The van der Waals surface area contributed by atoms with Crippen LogP contribution in [-0.2, 0) is 0 Å². The molecule has 1 aromatic rings. The van der Waals surface area contributed by atoms with Crippen LogP contribution in [0.3, 0.4) is 0 Å². The van der Waals surface area contributed by atoms with Gasteiger partial charge < -0.3 is 9.47 Å². The molecule has 0 aliphatic carbocycles. The van der Waals surface area contributed by atoms with Crippen LogP contribution in [0, 0.1) is 22.7 Å². The molecule has 0 saturated heterocycles. The minimum Gasteiger partial charge on any atom is -0.493 e. The molecule has 0 heterocycles. The fraction of sp³-hybridized carbons (Fsp3) is 0.143. The molecule has 0 bridgehead atoms. The maximum absolute atomic E-state index is 8.72. The van der Waals surface area contributed by atoms with Crippen LogP contribution in [-0.4, -0.2) is 13.7 Å². The van der Waals surface area contributed by atoms with Gasteiger partial charge in [-0.15, -0.1) is 0 Å². The highest BCUT2D eigenvalue weighted by molar-refractivity contribution is 6.32. The SMILES string of the molecule is C=CCOc1cc(Cl)c(C=C(C#N)C#N)cc1OC. The summed E-state index contributed by atoms with van der Waals surface area (Å²) >= 11 is 6.07. The number of hydrogen-bond donors (Lipinski definition) is 0. The zero-order valence-electron chi connectivity index (χ0n) is 10.3. The number of rotatable bonds is 5. The van der Waals surface area contributed by atoms with E-state index < -0.39 is 0 Å². The first-order valence-corrected chi connectivity index (χ1v) is 5.67. The van der Waals surface area contributed by atoms with Crippen molar-refractivity contribution in [1.82, 2.24) is 0 Å². The molecule has 5 heteroatoms. The topological polar surface area (TPSA) is 66.0 Å². The molecule has 19 heavy (non-hydrogen) atoms. The quantitative estimate of drug-likeness (QED) is 0.610. The lowest BCUT2D eigenvalue weighted by Gasteiger charge is -2.11. The third-order valence-electron chi connectivity index (χ3n) is 2.18. The zero-order valence-corrected chi connectivity index (χ0v) is 11.1. The summed E-state index contributed by atoms with van der Waals surface area (Å²) in [4.78, 5) is 0. The Kier molecular flexibility index (Phi) is 5.47. The van der Waals surface area contributed by atoms with Crippen molar-refractivity contribution < 1.29 is 9.47 Å². The second-order valence-electron chi connectivity index (χ2n) is 3.41. The van der Waals surface area contributed by atoms with Crippen LogP contribution in [0.5, 0.6) is 11.5 Å². The van der Waals surface area contributed by atoms with Gasteiger partial charge in [-0.05, 0) is 17.7 Å². The number of benzene rings is 1. The summed E-state index contributed by atoms with van der Waals surface area (Å²) in [5, 5.41) is 17.8. The highest BCUT2D eigenvalue weighted by Crippen LogP contribution is 2.34. The predicted molar refractivity (Wildman–Crippen MR) is 72.9 cm³/mol. The monoisotopic (exact) mass is 274 g/mol. The van der Waals surface area contributed by atoms with Gasteiger partial charge in [-0.25, -0.2) is 0 Å². The maximum Gasteiger partial charge on any atom is 0.163 e. The van der Waals surface area contributed by atoms with E-state index in [4.69, 9.17) is 31.6 Å². The Balaban J connectivity index is 3.24. The molecule has 0 unspecified atom stereocenters. The van der Waals surface area contributed by atoms with E-state index in [0.717, 1.165) is 0 Å². The van der Waals surface area contributed by atoms with E-state index in [1.165, 1.54) is 13.2 Å². The molecular weight excluding hydrogens is 264 g/mol. The van der Waals surface area contributed by atoms with Crippen LogP contribution < -0.4 is 9.47 Å². The van der Waals surface area contributed by atoms with Gasteiger partial charge in [0.25, 0.3) is 0 Å². The fourth-order valence-corrected chi connectivity index (χ4v) is 1.54. The van der Waals surface area contributed by atoms with E-state index in [-0.39, 0.29) is 5.57 Å². The average molecular weight is 275 g/mol. The number of hydrogen-bond acceptors (Lipinski definition) is 4. The zero-order chi connectivity index (χ0) is 14.3. The maximum atomic E-state index is 8.72. The van der Waals surface area contributed by atoms with Gasteiger partial charge in [0, 0.05) is 6.07 Å². The van der Waals surface area contributed by atoms with Crippen LogP contribution in [0.1, 0.15) is 5.56 Å².